The van der Waals surface area contributed by atoms with E-state index in [9.17, 15) is 4.79 Å². The molecule has 0 radical (unpaired) electrons. The van der Waals surface area contributed by atoms with Gasteiger partial charge < -0.3 is 0 Å². The molecule has 0 aliphatic carbocycles. The number of halogens is 1. The molecule has 0 N–H and O–H groups in total. The summed E-state index contributed by atoms with van der Waals surface area (Å²) >= 11 is 7.60. The predicted molar refractivity (Wildman–Crippen MR) is 77.6 cm³/mol. The summed E-state index contributed by atoms with van der Waals surface area (Å²) in [6.45, 7) is 1.95. The Labute approximate surface area is 116 Å². The number of hydrogen-bond acceptors (Lipinski definition) is 2. The Morgan fingerprint density at radius 1 is 1.17 bits per heavy atom. The highest BCUT2D eigenvalue weighted by atomic mass is 35.5. The zero-order valence-corrected chi connectivity index (χ0v) is 11.6. The van der Waals surface area contributed by atoms with Gasteiger partial charge in [0, 0.05) is 21.2 Å². The van der Waals surface area contributed by atoms with Gasteiger partial charge in [-0.25, -0.2) is 0 Å². The Morgan fingerprint density at radius 3 is 2.50 bits per heavy atom. The van der Waals surface area contributed by atoms with E-state index in [0.29, 0.717) is 0 Å². The number of aryl methyl sites for hydroxylation is 1. The van der Waals surface area contributed by atoms with Gasteiger partial charge in [0.25, 0.3) is 0 Å². The fraction of sp³-hybridized carbons (Fsp3) is 0.133. The highest BCUT2D eigenvalue weighted by Crippen LogP contribution is 2.25. The van der Waals surface area contributed by atoms with Gasteiger partial charge in [-0.2, -0.15) is 0 Å². The smallest absolute Gasteiger partial charge is 0.150 e. The molecule has 0 aromatic heterocycles. The van der Waals surface area contributed by atoms with E-state index in [2.05, 4.69) is 0 Å². The van der Waals surface area contributed by atoms with Crippen LogP contribution in [0, 0.1) is 6.92 Å². The van der Waals surface area contributed by atoms with Gasteiger partial charge in [-0.3, -0.25) is 4.79 Å². The van der Waals surface area contributed by atoms with Crippen molar-refractivity contribution in [3.05, 3.63) is 64.2 Å². The summed E-state index contributed by atoms with van der Waals surface area (Å²) in [5, 5.41) is 0.759. The van der Waals surface area contributed by atoms with Crippen LogP contribution in [0.3, 0.4) is 0 Å². The van der Waals surface area contributed by atoms with E-state index < -0.39 is 0 Å². The van der Waals surface area contributed by atoms with E-state index in [1.807, 2.05) is 49.4 Å². The van der Waals surface area contributed by atoms with Crippen LogP contribution in [-0.2, 0) is 5.75 Å². The molecule has 0 fully saturated rings. The highest BCUT2D eigenvalue weighted by molar-refractivity contribution is 7.98. The van der Waals surface area contributed by atoms with Gasteiger partial charge in [0.1, 0.15) is 6.29 Å². The number of carbonyl (C=O) groups is 1. The Kier molecular flexibility index (Phi) is 4.45. The van der Waals surface area contributed by atoms with Crippen LogP contribution < -0.4 is 0 Å². The summed E-state index contributed by atoms with van der Waals surface area (Å²) in [6.07, 6.45) is 0.892. The normalized spacial score (nSPS) is 10.3. The fourth-order valence-corrected chi connectivity index (χ4v) is 2.69. The van der Waals surface area contributed by atoms with Crippen LogP contribution in [0.2, 0.25) is 5.02 Å². The first-order valence-electron chi connectivity index (χ1n) is 5.62. The average Bonchev–Trinajstić information content (AvgIpc) is 2.38. The lowest BCUT2D eigenvalue weighted by Crippen LogP contribution is -1.86. The largest absolute Gasteiger partial charge is 0.298 e. The van der Waals surface area contributed by atoms with Crippen molar-refractivity contribution in [1.82, 2.24) is 0 Å². The van der Waals surface area contributed by atoms with Crippen LogP contribution in [0.4, 0.5) is 0 Å². The van der Waals surface area contributed by atoms with Crippen molar-refractivity contribution in [2.24, 2.45) is 0 Å². The molecular weight excluding hydrogens is 264 g/mol. The summed E-state index contributed by atoms with van der Waals surface area (Å²) in [4.78, 5) is 11.9. The molecule has 0 aliphatic heterocycles. The monoisotopic (exact) mass is 276 g/mol. The van der Waals surface area contributed by atoms with Gasteiger partial charge in [-0.05, 0) is 42.3 Å². The molecule has 18 heavy (non-hydrogen) atoms. The Hall–Kier alpha value is -1.25. The average molecular weight is 277 g/mol. The minimum atomic E-state index is 0.755. The first kappa shape index (κ1) is 13.2. The summed E-state index contributed by atoms with van der Waals surface area (Å²) in [5.74, 6) is 0.900. The zero-order chi connectivity index (χ0) is 13.0. The minimum absolute atomic E-state index is 0.755. The van der Waals surface area contributed by atoms with Gasteiger partial charge >= 0.3 is 0 Å². The molecule has 2 aromatic rings. The van der Waals surface area contributed by atoms with Crippen LogP contribution in [0.15, 0.2) is 47.4 Å². The van der Waals surface area contributed by atoms with Crippen molar-refractivity contribution in [2.45, 2.75) is 17.6 Å². The lowest BCUT2D eigenvalue weighted by Gasteiger charge is -2.05. The molecule has 0 saturated carbocycles. The van der Waals surface area contributed by atoms with Crippen molar-refractivity contribution in [2.75, 3.05) is 0 Å². The van der Waals surface area contributed by atoms with Crippen molar-refractivity contribution < 1.29 is 4.79 Å². The number of hydrogen-bond donors (Lipinski definition) is 0. The molecule has 0 saturated heterocycles. The molecule has 0 aliphatic rings. The van der Waals surface area contributed by atoms with E-state index in [0.717, 1.165) is 28.2 Å². The van der Waals surface area contributed by atoms with E-state index >= 15 is 0 Å². The van der Waals surface area contributed by atoms with E-state index in [4.69, 9.17) is 11.6 Å². The van der Waals surface area contributed by atoms with E-state index in [1.54, 1.807) is 11.8 Å². The maximum absolute atomic E-state index is 10.7. The van der Waals surface area contributed by atoms with Gasteiger partial charge in [0.2, 0.25) is 0 Å². The number of aldehydes is 1. The molecule has 0 atom stereocenters. The SMILES string of the molecule is Cc1cc(SCc2ccc(Cl)cc2)ccc1C=O. The maximum atomic E-state index is 10.7. The van der Waals surface area contributed by atoms with Crippen LogP contribution in [0.25, 0.3) is 0 Å². The quantitative estimate of drug-likeness (QED) is 0.592. The topological polar surface area (TPSA) is 17.1 Å². The van der Waals surface area contributed by atoms with E-state index in [-0.39, 0.29) is 0 Å². The van der Waals surface area contributed by atoms with Crippen LogP contribution in [-0.4, -0.2) is 6.29 Å². The Bertz CT molecular complexity index is 549. The van der Waals surface area contributed by atoms with Crippen LogP contribution in [0.1, 0.15) is 21.5 Å². The number of rotatable bonds is 4. The van der Waals surface area contributed by atoms with E-state index in [1.165, 1.54) is 10.5 Å². The van der Waals surface area contributed by atoms with Gasteiger partial charge in [-0.1, -0.05) is 29.8 Å². The number of thioether (sulfide) groups is 1. The van der Waals surface area contributed by atoms with Gasteiger partial charge in [0.15, 0.2) is 0 Å². The second kappa shape index (κ2) is 6.07. The van der Waals surface area contributed by atoms with Gasteiger partial charge in [-0.15, -0.1) is 11.8 Å². The second-order valence-corrected chi connectivity index (χ2v) is 5.54. The third kappa shape index (κ3) is 3.37. The Morgan fingerprint density at radius 2 is 1.89 bits per heavy atom. The molecule has 3 heteroatoms. The van der Waals surface area contributed by atoms with Crippen LogP contribution in [0.5, 0.6) is 0 Å². The summed E-state index contributed by atoms with van der Waals surface area (Å²) in [7, 11) is 0. The molecule has 1 nitrogen and oxygen atoms in total. The highest BCUT2D eigenvalue weighted by Gasteiger charge is 2.00. The first-order chi connectivity index (χ1) is 8.69. The Balaban J connectivity index is 2.04. The fourth-order valence-electron chi connectivity index (χ4n) is 1.62. The molecule has 0 spiro atoms. The molecule has 2 rings (SSSR count). The molecule has 0 unspecified atom stereocenters. The summed E-state index contributed by atoms with van der Waals surface area (Å²) in [5.41, 5.74) is 3.01. The zero-order valence-electron chi connectivity index (χ0n) is 10.0. The van der Waals surface area contributed by atoms with Crippen molar-refractivity contribution in [3.63, 3.8) is 0 Å². The third-order valence-corrected chi connectivity index (χ3v) is 4.00. The number of benzene rings is 2. The molecule has 0 bridgehead atoms. The van der Waals surface area contributed by atoms with Gasteiger partial charge in [0.05, 0.1) is 0 Å². The molecule has 92 valence electrons. The standard InChI is InChI=1S/C15H13ClOS/c1-11-8-15(7-4-13(11)9-17)18-10-12-2-5-14(16)6-3-12/h2-9H,10H2,1H3. The molecule has 0 heterocycles. The molecule has 0 amide bonds. The molecule has 2 aromatic carbocycles. The minimum Gasteiger partial charge on any atom is -0.298 e. The summed E-state index contributed by atoms with van der Waals surface area (Å²) in [6, 6.07) is 13.8. The number of carbonyl (C=O) groups excluding carboxylic acids is 1. The van der Waals surface area contributed by atoms with Crippen molar-refractivity contribution >= 4 is 29.6 Å². The van der Waals surface area contributed by atoms with Crippen molar-refractivity contribution in [3.8, 4) is 0 Å². The summed E-state index contributed by atoms with van der Waals surface area (Å²) < 4.78 is 0. The first-order valence-corrected chi connectivity index (χ1v) is 6.98. The third-order valence-electron chi connectivity index (χ3n) is 2.69. The lowest BCUT2D eigenvalue weighted by molar-refractivity contribution is 0.112. The molecular formula is C15H13ClOS. The predicted octanol–water partition coefficient (Wildman–Crippen LogP) is 4.75. The lowest BCUT2D eigenvalue weighted by atomic mass is 10.1. The maximum Gasteiger partial charge on any atom is 0.150 e. The van der Waals surface area contributed by atoms with Crippen LogP contribution >= 0.6 is 23.4 Å². The van der Waals surface area contributed by atoms with Crippen molar-refractivity contribution in [1.29, 1.82) is 0 Å². The second-order valence-electron chi connectivity index (χ2n) is 4.05.